The van der Waals surface area contributed by atoms with Gasteiger partial charge in [-0.05, 0) is 31.2 Å². The molecule has 1 amide bonds. The number of nitrogens with one attached hydrogen (secondary N) is 2. The zero-order valence-electron chi connectivity index (χ0n) is 13.1. The molecule has 3 rings (SSSR count). The number of pyridine rings is 1. The molecule has 0 fully saturated rings. The first-order chi connectivity index (χ1) is 12.0. The van der Waals surface area contributed by atoms with Crippen LogP contribution >= 0.6 is 11.8 Å². The first kappa shape index (κ1) is 16.8. The number of aromatic amines is 1. The van der Waals surface area contributed by atoms with Crippen molar-refractivity contribution in [1.29, 1.82) is 0 Å². The lowest BCUT2D eigenvalue weighted by Gasteiger charge is -2.02. The van der Waals surface area contributed by atoms with Crippen molar-refractivity contribution in [2.45, 2.75) is 16.7 Å². The first-order valence-electron chi connectivity index (χ1n) is 7.36. The summed E-state index contributed by atoms with van der Waals surface area (Å²) < 4.78 is 4.79. The number of benzene rings is 1. The summed E-state index contributed by atoms with van der Waals surface area (Å²) >= 11 is 1.37. The van der Waals surface area contributed by atoms with Gasteiger partial charge in [0.05, 0.1) is 12.2 Å². The number of rotatable bonds is 5. The minimum absolute atomic E-state index is 0.222. The van der Waals surface area contributed by atoms with Gasteiger partial charge < -0.3 is 14.8 Å². The van der Waals surface area contributed by atoms with E-state index in [1.807, 2.05) is 6.07 Å². The number of hydrogen-bond acceptors (Lipinski definition) is 6. The van der Waals surface area contributed by atoms with Crippen LogP contribution in [0.5, 0.6) is 0 Å². The van der Waals surface area contributed by atoms with Crippen molar-refractivity contribution in [2.24, 2.45) is 0 Å². The van der Waals surface area contributed by atoms with Gasteiger partial charge >= 0.3 is 12.1 Å². The van der Waals surface area contributed by atoms with Crippen LogP contribution in [0.15, 0.2) is 46.3 Å². The van der Waals surface area contributed by atoms with Crippen molar-refractivity contribution in [3.05, 3.63) is 42.1 Å². The lowest BCUT2D eigenvalue weighted by Crippen LogP contribution is -2.14. The van der Waals surface area contributed by atoms with Crippen LogP contribution in [0.2, 0.25) is 0 Å². The molecule has 3 N–H and O–H groups in total. The van der Waals surface area contributed by atoms with E-state index in [4.69, 9.17) is 9.84 Å². The van der Waals surface area contributed by atoms with E-state index in [2.05, 4.69) is 20.3 Å². The molecule has 128 valence electrons. The fourth-order valence-corrected chi connectivity index (χ4v) is 2.96. The van der Waals surface area contributed by atoms with Gasteiger partial charge in [0.2, 0.25) is 5.95 Å². The van der Waals surface area contributed by atoms with Gasteiger partial charge in [0, 0.05) is 16.0 Å². The first-order valence-corrected chi connectivity index (χ1v) is 8.17. The Balaban J connectivity index is 1.80. The Morgan fingerprint density at radius 3 is 2.92 bits per heavy atom. The second kappa shape index (κ2) is 7.22. The number of carbonyl (C=O) groups excluding carboxylic acids is 1. The molecule has 0 saturated heterocycles. The molecule has 0 aliphatic rings. The smallest absolute Gasteiger partial charge is 0.413 e. The summed E-state index contributed by atoms with van der Waals surface area (Å²) in [6, 6.07) is 8.44. The van der Waals surface area contributed by atoms with Crippen molar-refractivity contribution in [2.75, 3.05) is 11.9 Å². The van der Waals surface area contributed by atoms with Gasteiger partial charge in [-0.25, -0.2) is 19.6 Å². The minimum atomic E-state index is -0.974. The number of hydrogen-bond donors (Lipinski definition) is 3. The van der Waals surface area contributed by atoms with Gasteiger partial charge in [-0.15, -0.1) is 0 Å². The van der Waals surface area contributed by atoms with Gasteiger partial charge in [0.1, 0.15) is 5.52 Å². The van der Waals surface area contributed by atoms with Gasteiger partial charge in [-0.2, -0.15) is 0 Å². The normalized spacial score (nSPS) is 10.6. The zero-order chi connectivity index (χ0) is 17.8. The average molecular weight is 358 g/mol. The molecule has 0 aliphatic carbocycles. The van der Waals surface area contributed by atoms with E-state index < -0.39 is 12.1 Å². The number of nitrogens with zero attached hydrogens (tertiary/aromatic N) is 2. The van der Waals surface area contributed by atoms with Crippen LogP contribution in [0.4, 0.5) is 10.7 Å². The largest absolute Gasteiger partial charge is 0.478 e. The van der Waals surface area contributed by atoms with Gasteiger partial charge in [0.25, 0.3) is 0 Å². The van der Waals surface area contributed by atoms with Gasteiger partial charge in [-0.1, -0.05) is 17.8 Å². The molecule has 8 nitrogen and oxygen atoms in total. The predicted molar refractivity (Wildman–Crippen MR) is 92.1 cm³/mol. The van der Waals surface area contributed by atoms with E-state index in [-0.39, 0.29) is 18.1 Å². The van der Waals surface area contributed by atoms with Crippen LogP contribution in [0.25, 0.3) is 11.2 Å². The molecular formula is C16H14N4O4S. The number of H-pyrrole nitrogens is 1. The van der Waals surface area contributed by atoms with Crippen molar-refractivity contribution < 1.29 is 19.4 Å². The Hall–Kier alpha value is -3.07. The van der Waals surface area contributed by atoms with Crippen LogP contribution in [0.1, 0.15) is 17.3 Å². The van der Waals surface area contributed by atoms with E-state index in [0.29, 0.717) is 11.2 Å². The third-order valence-corrected chi connectivity index (χ3v) is 4.07. The lowest BCUT2D eigenvalue weighted by molar-refractivity contribution is 0.0696. The number of aromatic nitrogens is 3. The van der Waals surface area contributed by atoms with E-state index in [1.165, 1.54) is 17.8 Å². The number of anilines is 1. The number of carboxylic acid groups (broad SMARTS) is 1. The molecule has 1 aromatic carbocycles. The van der Waals surface area contributed by atoms with Gasteiger partial charge in [0.15, 0.2) is 5.65 Å². The second-order valence-corrected chi connectivity index (χ2v) is 6.05. The highest BCUT2D eigenvalue weighted by Crippen LogP contribution is 2.29. The van der Waals surface area contributed by atoms with Crippen molar-refractivity contribution in [1.82, 2.24) is 15.0 Å². The number of ether oxygens (including phenoxy) is 1. The molecule has 0 aliphatic heterocycles. The maximum absolute atomic E-state index is 11.4. The maximum Gasteiger partial charge on any atom is 0.413 e. The molecule has 0 atom stereocenters. The Morgan fingerprint density at radius 2 is 2.16 bits per heavy atom. The molecular weight excluding hydrogens is 344 g/mol. The molecule has 0 spiro atoms. The Bertz CT molecular complexity index is 941. The number of imidazole rings is 1. The molecule has 2 heterocycles. The molecule has 9 heteroatoms. The number of aromatic carboxylic acids is 1. The Labute approximate surface area is 146 Å². The summed E-state index contributed by atoms with van der Waals surface area (Å²) in [4.78, 5) is 35.4. The summed E-state index contributed by atoms with van der Waals surface area (Å²) in [5.74, 6) is -0.728. The van der Waals surface area contributed by atoms with Crippen LogP contribution in [-0.4, -0.2) is 38.7 Å². The number of carboxylic acids is 1. The van der Waals surface area contributed by atoms with Crippen molar-refractivity contribution in [3.8, 4) is 0 Å². The molecule has 3 aromatic rings. The van der Waals surface area contributed by atoms with E-state index >= 15 is 0 Å². The highest BCUT2D eigenvalue weighted by atomic mass is 32.2. The monoisotopic (exact) mass is 358 g/mol. The lowest BCUT2D eigenvalue weighted by atomic mass is 10.2. The highest BCUT2D eigenvalue weighted by Gasteiger charge is 2.10. The number of carbonyl (C=O) groups is 2. The van der Waals surface area contributed by atoms with Crippen LogP contribution in [-0.2, 0) is 4.74 Å². The van der Waals surface area contributed by atoms with Crippen LogP contribution in [0.3, 0.4) is 0 Å². The Morgan fingerprint density at radius 1 is 1.32 bits per heavy atom. The summed E-state index contributed by atoms with van der Waals surface area (Å²) in [5.41, 5.74) is 1.32. The predicted octanol–water partition coefficient (Wildman–Crippen LogP) is 3.38. The molecule has 25 heavy (non-hydrogen) atoms. The van der Waals surface area contributed by atoms with E-state index in [1.54, 1.807) is 31.3 Å². The van der Waals surface area contributed by atoms with Crippen LogP contribution < -0.4 is 5.32 Å². The fourth-order valence-electron chi connectivity index (χ4n) is 2.08. The molecule has 0 radical (unpaired) electrons. The SMILES string of the molecule is CCOC(=O)Nc1nc2cc(Sc3cccc(C(=O)O)c3)cnc2[nH]1. The van der Waals surface area contributed by atoms with Gasteiger partial charge in [-0.3, -0.25) is 5.32 Å². The second-order valence-electron chi connectivity index (χ2n) is 4.90. The molecule has 0 bridgehead atoms. The zero-order valence-corrected chi connectivity index (χ0v) is 14.0. The summed E-state index contributed by atoms with van der Waals surface area (Å²) in [5, 5.41) is 11.5. The molecule has 2 aromatic heterocycles. The number of amides is 1. The summed E-state index contributed by atoms with van der Waals surface area (Å²) in [7, 11) is 0. The van der Waals surface area contributed by atoms with Crippen molar-refractivity contribution in [3.63, 3.8) is 0 Å². The van der Waals surface area contributed by atoms with E-state index in [9.17, 15) is 9.59 Å². The topological polar surface area (TPSA) is 117 Å². The summed E-state index contributed by atoms with van der Waals surface area (Å²) in [6.45, 7) is 1.98. The quantitative estimate of drug-likeness (QED) is 0.640. The maximum atomic E-state index is 11.4. The highest BCUT2D eigenvalue weighted by molar-refractivity contribution is 7.99. The van der Waals surface area contributed by atoms with Crippen molar-refractivity contribution >= 4 is 40.9 Å². The molecule has 0 saturated carbocycles. The molecule has 0 unspecified atom stereocenters. The van der Waals surface area contributed by atoms with E-state index in [0.717, 1.165) is 9.79 Å². The van der Waals surface area contributed by atoms with Crippen LogP contribution in [0, 0.1) is 0 Å². The third kappa shape index (κ3) is 4.07. The average Bonchev–Trinajstić information content (AvgIpc) is 2.96. The summed E-state index contributed by atoms with van der Waals surface area (Å²) in [6.07, 6.45) is 1.05. The third-order valence-electron chi connectivity index (χ3n) is 3.12. The fraction of sp³-hybridized carbons (Fsp3) is 0.125. The number of fused-ring (bicyclic) bond motifs is 1. The minimum Gasteiger partial charge on any atom is -0.478 e. The standard InChI is InChI=1S/C16H14N4O4S/c1-2-24-16(23)20-15-18-12-7-11(8-17-13(12)19-15)25-10-5-3-4-9(6-10)14(21)22/h3-8H,2H2,1H3,(H,21,22)(H2,17,18,19,20,23). The Kier molecular flexibility index (Phi) is 4.85.